The third kappa shape index (κ3) is 1.87. The third-order valence-electron chi connectivity index (χ3n) is 4.33. The summed E-state index contributed by atoms with van der Waals surface area (Å²) < 4.78 is 0. The molecule has 0 aromatic heterocycles. The van der Waals surface area contributed by atoms with Crippen molar-refractivity contribution >= 4 is 11.4 Å². The Morgan fingerprint density at radius 2 is 1.72 bits per heavy atom. The molecule has 98 valence electrons. The molecule has 1 aromatic carbocycles. The normalized spacial score (nSPS) is 28.1. The molecule has 3 heteroatoms. The Morgan fingerprint density at radius 3 is 2.22 bits per heavy atom. The number of likely N-dealkylation sites (tertiary alicyclic amines) is 1. The second-order valence-electron chi connectivity index (χ2n) is 6.61. The van der Waals surface area contributed by atoms with Crippen LogP contribution in [-0.4, -0.2) is 35.6 Å². The highest BCUT2D eigenvalue weighted by molar-refractivity contribution is 5.55. The summed E-state index contributed by atoms with van der Waals surface area (Å²) in [5.41, 5.74) is 8.22. The molecule has 0 spiro atoms. The van der Waals surface area contributed by atoms with Gasteiger partial charge in [0.05, 0.1) is 0 Å². The van der Waals surface area contributed by atoms with Crippen molar-refractivity contribution in [2.24, 2.45) is 0 Å². The van der Waals surface area contributed by atoms with E-state index in [1.54, 1.807) is 0 Å². The van der Waals surface area contributed by atoms with Crippen molar-refractivity contribution in [1.82, 2.24) is 4.90 Å². The van der Waals surface area contributed by atoms with Gasteiger partial charge < -0.3 is 10.6 Å². The fraction of sp³-hybridized carbons (Fsp3) is 0.600. The molecule has 0 saturated carbocycles. The molecular weight excluding hydrogens is 222 g/mol. The number of nitrogens with two attached hydrogens (primary N) is 1. The van der Waals surface area contributed by atoms with Crippen LogP contribution in [0.4, 0.5) is 11.4 Å². The molecule has 0 amide bonds. The van der Waals surface area contributed by atoms with Crippen LogP contribution < -0.4 is 10.6 Å². The standard InChI is InChI=1S/C15H23N3/c1-15(2,3)18-10-13-8-14(18)9-17(13)12-6-4-11(16)5-7-12/h4-7,13-14H,8-10,16H2,1-3H3/t13-,14-/m0/s1. The van der Waals surface area contributed by atoms with Crippen molar-refractivity contribution in [2.45, 2.75) is 44.8 Å². The first-order valence-electron chi connectivity index (χ1n) is 6.84. The molecule has 2 aliphatic heterocycles. The Morgan fingerprint density at radius 1 is 1.06 bits per heavy atom. The van der Waals surface area contributed by atoms with Gasteiger partial charge >= 0.3 is 0 Å². The van der Waals surface area contributed by atoms with E-state index in [2.05, 4.69) is 42.7 Å². The van der Waals surface area contributed by atoms with Gasteiger partial charge in [0.25, 0.3) is 0 Å². The number of hydrogen-bond acceptors (Lipinski definition) is 3. The Balaban J connectivity index is 1.76. The van der Waals surface area contributed by atoms with Crippen molar-refractivity contribution in [3.63, 3.8) is 0 Å². The first-order chi connectivity index (χ1) is 8.45. The number of hydrogen-bond donors (Lipinski definition) is 1. The highest BCUT2D eigenvalue weighted by atomic mass is 15.4. The first kappa shape index (κ1) is 11.8. The number of nitrogens with zero attached hydrogens (tertiary/aromatic N) is 2. The zero-order valence-electron chi connectivity index (χ0n) is 11.6. The second kappa shape index (κ2) is 3.89. The predicted octanol–water partition coefficient (Wildman–Crippen LogP) is 2.33. The van der Waals surface area contributed by atoms with Crippen LogP contribution in [0, 0.1) is 0 Å². The average Bonchev–Trinajstić information content (AvgIpc) is 2.88. The minimum absolute atomic E-state index is 0.298. The molecule has 0 radical (unpaired) electrons. The third-order valence-corrected chi connectivity index (χ3v) is 4.33. The van der Waals surface area contributed by atoms with E-state index in [1.807, 2.05) is 12.1 Å². The smallest absolute Gasteiger partial charge is 0.0433 e. The topological polar surface area (TPSA) is 32.5 Å². The van der Waals surface area contributed by atoms with Crippen LogP contribution in [0.2, 0.25) is 0 Å². The lowest BCUT2D eigenvalue weighted by atomic mass is 10.0. The molecule has 2 heterocycles. The zero-order valence-corrected chi connectivity index (χ0v) is 11.6. The second-order valence-corrected chi connectivity index (χ2v) is 6.61. The Kier molecular flexibility index (Phi) is 2.56. The summed E-state index contributed by atoms with van der Waals surface area (Å²) >= 11 is 0. The highest BCUT2D eigenvalue weighted by Gasteiger charge is 2.46. The van der Waals surface area contributed by atoms with E-state index < -0.39 is 0 Å². The molecule has 2 bridgehead atoms. The van der Waals surface area contributed by atoms with Crippen molar-refractivity contribution in [1.29, 1.82) is 0 Å². The quantitative estimate of drug-likeness (QED) is 0.771. The molecule has 2 saturated heterocycles. The molecule has 2 atom stereocenters. The molecule has 0 aliphatic carbocycles. The van der Waals surface area contributed by atoms with Gasteiger partial charge in [0, 0.05) is 42.1 Å². The van der Waals surface area contributed by atoms with E-state index >= 15 is 0 Å². The Hall–Kier alpha value is -1.22. The van der Waals surface area contributed by atoms with Crippen LogP contribution in [0.15, 0.2) is 24.3 Å². The molecule has 3 nitrogen and oxygen atoms in total. The lowest BCUT2D eigenvalue weighted by Gasteiger charge is -2.42. The number of fused-ring (bicyclic) bond motifs is 2. The largest absolute Gasteiger partial charge is 0.399 e. The summed E-state index contributed by atoms with van der Waals surface area (Å²) in [5, 5.41) is 0. The van der Waals surface area contributed by atoms with Crippen molar-refractivity contribution < 1.29 is 0 Å². The summed E-state index contributed by atoms with van der Waals surface area (Å²) in [6.07, 6.45) is 1.31. The van der Waals surface area contributed by atoms with Gasteiger partial charge in [0.15, 0.2) is 0 Å². The van der Waals surface area contributed by atoms with E-state index in [1.165, 1.54) is 18.7 Å². The van der Waals surface area contributed by atoms with Gasteiger partial charge in [-0.25, -0.2) is 0 Å². The zero-order chi connectivity index (χ0) is 12.9. The molecule has 2 aliphatic rings. The molecule has 2 fully saturated rings. The first-order valence-corrected chi connectivity index (χ1v) is 6.84. The van der Waals surface area contributed by atoms with Gasteiger partial charge in [-0.3, -0.25) is 4.90 Å². The van der Waals surface area contributed by atoms with Crippen LogP contribution >= 0.6 is 0 Å². The van der Waals surface area contributed by atoms with Crippen LogP contribution in [0.1, 0.15) is 27.2 Å². The Bertz CT molecular complexity index is 432. The van der Waals surface area contributed by atoms with Crippen LogP contribution in [0.5, 0.6) is 0 Å². The SMILES string of the molecule is CC(C)(C)N1C[C@@H]2C[C@H]1CN2c1ccc(N)cc1. The fourth-order valence-electron chi connectivity index (χ4n) is 3.47. The number of benzene rings is 1. The maximum absolute atomic E-state index is 5.75. The summed E-state index contributed by atoms with van der Waals surface area (Å²) in [6.45, 7) is 9.31. The molecule has 0 unspecified atom stereocenters. The van der Waals surface area contributed by atoms with Gasteiger partial charge in [-0.05, 0) is 51.5 Å². The summed E-state index contributed by atoms with van der Waals surface area (Å²) in [5.74, 6) is 0. The Labute approximate surface area is 110 Å². The molecular formula is C15H23N3. The van der Waals surface area contributed by atoms with Crippen molar-refractivity contribution in [3.05, 3.63) is 24.3 Å². The predicted molar refractivity (Wildman–Crippen MR) is 76.9 cm³/mol. The lowest BCUT2D eigenvalue weighted by molar-refractivity contribution is 0.113. The minimum Gasteiger partial charge on any atom is -0.399 e. The van der Waals surface area contributed by atoms with Crippen LogP contribution in [-0.2, 0) is 0 Å². The monoisotopic (exact) mass is 245 g/mol. The van der Waals surface area contributed by atoms with Gasteiger partial charge in [0.1, 0.15) is 0 Å². The number of piperazine rings is 1. The minimum atomic E-state index is 0.298. The molecule has 2 N–H and O–H groups in total. The number of nitrogen functional groups attached to an aromatic ring is 1. The maximum atomic E-state index is 5.75. The van der Waals surface area contributed by atoms with Gasteiger partial charge in [-0.15, -0.1) is 0 Å². The summed E-state index contributed by atoms with van der Waals surface area (Å²) in [6, 6.07) is 9.70. The van der Waals surface area contributed by atoms with E-state index in [4.69, 9.17) is 5.73 Å². The molecule has 3 rings (SSSR count). The lowest BCUT2D eigenvalue weighted by Crippen LogP contribution is -2.53. The van der Waals surface area contributed by atoms with Gasteiger partial charge in [0.2, 0.25) is 0 Å². The van der Waals surface area contributed by atoms with Crippen LogP contribution in [0.3, 0.4) is 0 Å². The maximum Gasteiger partial charge on any atom is 0.0433 e. The molecule has 1 aromatic rings. The van der Waals surface area contributed by atoms with E-state index in [0.717, 1.165) is 12.2 Å². The van der Waals surface area contributed by atoms with Crippen molar-refractivity contribution in [3.8, 4) is 0 Å². The van der Waals surface area contributed by atoms with Gasteiger partial charge in [-0.2, -0.15) is 0 Å². The van der Waals surface area contributed by atoms with E-state index in [-0.39, 0.29) is 0 Å². The van der Waals surface area contributed by atoms with Crippen LogP contribution in [0.25, 0.3) is 0 Å². The highest BCUT2D eigenvalue weighted by Crippen LogP contribution is 2.38. The molecule has 18 heavy (non-hydrogen) atoms. The fourth-order valence-corrected chi connectivity index (χ4v) is 3.47. The summed E-state index contributed by atoms with van der Waals surface area (Å²) in [4.78, 5) is 5.21. The van der Waals surface area contributed by atoms with E-state index in [9.17, 15) is 0 Å². The van der Waals surface area contributed by atoms with Crippen molar-refractivity contribution in [2.75, 3.05) is 23.7 Å². The number of rotatable bonds is 1. The number of anilines is 2. The van der Waals surface area contributed by atoms with E-state index in [0.29, 0.717) is 17.6 Å². The summed E-state index contributed by atoms with van der Waals surface area (Å²) in [7, 11) is 0. The average molecular weight is 245 g/mol. The van der Waals surface area contributed by atoms with Gasteiger partial charge in [-0.1, -0.05) is 0 Å².